The van der Waals surface area contributed by atoms with Gasteiger partial charge in [0.2, 0.25) is 0 Å². The standard InChI is InChI=1S/C21H18N2O4/c1-27-19-10-4-9-18(13-19)22-20(24)16-7-2-5-14(11-16)15-6-3-8-17(12-15)21(25)23-26/h2-13,26H,1H3,(H,22,24)(H,23,25). The number of hydrogen-bond acceptors (Lipinski definition) is 4. The third kappa shape index (κ3) is 4.31. The van der Waals surface area contributed by atoms with Crippen LogP contribution in [0.5, 0.6) is 5.75 Å². The van der Waals surface area contributed by atoms with Crippen molar-refractivity contribution in [3.63, 3.8) is 0 Å². The number of anilines is 1. The van der Waals surface area contributed by atoms with E-state index in [1.165, 1.54) is 0 Å². The number of amides is 2. The second-order valence-electron chi connectivity index (χ2n) is 5.79. The van der Waals surface area contributed by atoms with Crippen molar-refractivity contribution in [2.75, 3.05) is 12.4 Å². The zero-order valence-corrected chi connectivity index (χ0v) is 14.6. The summed E-state index contributed by atoms with van der Waals surface area (Å²) in [7, 11) is 1.57. The molecule has 0 aliphatic carbocycles. The fourth-order valence-corrected chi connectivity index (χ4v) is 2.65. The van der Waals surface area contributed by atoms with Crippen LogP contribution in [0, 0.1) is 0 Å². The van der Waals surface area contributed by atoms with Gasteiger partial charge in [-0.1, -0.05) is 30.3 Å². The molecule has 0 bridgehead atoms. The Kier molecular flexibility index (Phi) is 5.49. The van der Waals surface area contributed by atoms with Gasteiger partial charge in [-0.25, -0.2) is 5.48 Å². The zero-order valence-electron chi connectivity index (χ0n) is 14.6. The van der Waals surface area contributed by atoms with E-state index >= 15 is 0 Å². The van der Waals surface area contributed by atoms with Crippen LogP contribution in [0.2, 0.25) is 0 Å². The molecule has 0 saturated heterocycles. The van der Waals surface area contributed by atoms with E-state index in [1.54, 1.807) is 73.3 Å². The minimum absolute atomic E-state index is 0.255. The van der Waals surface area contributed by atoms with Crippen LogP contribution in [0.15, 0.2) is 72.8 Å². The fourth-order valence-electron chi connectivity index (χ4n) is 2.65. The topological polar surface area (TPSA) is 87.7 Å². The van der Waals surface area contributed by atoms with E-state index in [2.05, 4.69) is 5.32 Å². The lowest BCUT2D eigenvalue weighted by atomic mass is 10.0. The van der Waals surface area contributed by atoms with E-state index in [-0.39, 0.29) is 5.91 Å². The van der Waals surface area contributed by atoms with Crippen molar-refractivity contribution in [2.45, 2.75) is 0 Å². The lowest BCUT2D eigenvalue weighted by molar-refractivity contribution is 0.0706. The van der Waals surface area contributed by atoms with Crippen LogP contribution >= 0.6 is 0 Å². The Morgan fingerprint density at radius 1 is 0.815 bits per heavy atom. The molecule has 3 aromatic carbocycles. The molecule has 0 radical (unpaired) electrons. The van der Waals surface area contributed by atoms with Crippen molar-refractivity contribution in [3.8, 4) is 16.9 Å². The highest BCUT2D eigenvalue weighted by molar-refractivity contribution is 6.05. The minimum atomic E-state index is -0.594. The number of methoxy groups -OCH3 is 1. The lowest BCUT2D eigenvalue weighted by Gasteiger charge is -2.09. The number of carbonyl (C=O) groups excluding carboxylic acids is 2. The van der Waals surface area contributed by atoms with Crippen molar-refractivity contribution in [3.05, 3.63) is 83.9 Å². The van der Waals surface area contributed by atoms with Gasteiger partial charge in [-0.3, -0.25) is 14.8 Å². The van der Waals surface area contributed by atoms with Gasteiger partial charge in [0.05, 0.1) is 7.11 Å². The maximum atomic E-state index is 12.6. The van der Waals surface area contributed by atoms with Crippen LogP contribution in [0.3, 0.4) is 0 Å². The summed E-state index contributed by atoms with van der Waals surface area (Å²) in [6.45, 7) is 0. The molecule has 0 atom stereocenters. The summed E-state index contributed by atoms with van der Waals surface area (Å²) in [6, 6.07) is 20.9. The number of hydrogen-bond donors (Lipinski definition) is 3. The molecule has 2 amide bonds. The van der Waals surface area contributed by atoms with Crippen LogP contribution < -0.4 is 15.5 Å². The predicted molar refractivity (Wildman–Crippen MR) is 102 cm³/mol. The first-order valence-electron chi connectivity index (χ1n) is 8.21. The van der Waals surface area contributed by atoms with Gasteiger partial charge in [-0.15, -0.1) is 0 Å². The van der Waals surface area contributed by atoms with Crippen molar-refractivity contribution >= 4 is 17.5 Å². The minimum Gasteiger partial charge on any atom is -0.497 e. The summed E-state index contributed by atoms with van der Waals surface area (Å²) in [5, 5.41) is 11.6. The predicted octanol–water partition coefficient (Wildman–Crippen LogP) is 3.73. The molecule has 0 fully saturated rings. The highest BCUT2D eigenvalue weighted by Crippen LogP contribution is 2.23. The van der Waals surface area contributed by atoms with E-state index in [0.29, 0.717) is 22.6 Å². The molecule has 0 aliphatic heterocycles. The molecule has 6 nitrogen and oxygen atoms in total. The van der Waals surface area contributed by atoms with Crippen LogP contribution in [-0.2, 0) is 0 Å². The molecule has 0 aromatic heterocycles. The normalized spacial score (nSPS) is 10.1. The summed E-state index contributed by atoms with van der Waals surface area (Å²) in [6.07, 6.45) is 0. The number of ether oxygens (including phenoxy) is 1. The Morgan fingerprint density at radius 2 is 1.41 bits per heavy atom. The second-order valence-corrected chi connectivity index (χ2v) is 5.79. The summed E-state index contributed by atoms with van der Waals surface area (Å²) >= 11 is 0. The van der Waals surface area contributed by atoms with Gasteiger partial charge in [0.15, 0.2) is 0 Å². The molecule has 27 heavy (non-hydrogen) atoms. The van der Waals surface area contributed by atoms with Gasteiger partial charge >= 0.3 is 0 Å². The zero-order chi connectivity index (χ0) is 19.2. The van der Waals surface area contributed by atoms with Crippen LogP contribution in [0.25, 0.3) is 11.1 Å². The van der Waals surface area contributed by atoms with Crippen molar-refractivity contribution in [1.82, 2.24) is 5.48 Å². The maximum Gasteiger partial charge on any atom is 0.274 e. The molecule has 0 aliphatic rings. The number of nitrogens with one attached hydrogen (secondary N) is 2. The molecule has 0 saturated carbocycles. The molecular formula is C21H18N2O4. The maximum absolute atomic E-state index is 12.6. The number of hydroxylamine groups is 1. The van der Waals surface area contributed by atoms with Gasteiger partial charge in [-0.05, 0) is 47.5 Å². The number of benzene rings is 3. The van der Waals surface area contributed by atoms with Gasteiger partial charge in [0.25, 0.3) is 11.8 Å². The summed E-state index contributed by atoms with van der Waals surface area (Å²) in [5.74, 6) is -0.196. The van der Waals surface area contributed by atoms with Crippen LogP contribution in [-0.4, -0.2) is 24.1 Å². The van der Waals surface area contributed by atoms with Crippen molar-refractivity contribution in [1.29, 1.82) is 0 Å². The molecule has 3 aromatic rings. The average molecular weight is 362 g/mol. The first-order valence-corrected chi connectivity index (χ1v) is 8.21. The molecule has 3 rings (SSSR count). The molecule has 0 unspecified atom stereocenters. The fraction of sp³-hybridized carbons (Fsp3) is 0.0476. The average Bonchev–Trinajstić information content (AvgIpc) is 2.73. The van der Waals surface area contributed by atoms with Crippen molar-refractivity contribution < 1.29 is 19.5 Å². The molecule has 136 valence electrons. The third-order valence-corrected chi connectivity index (χ3v) is 4.01. The smallest absolute Gasteiger partial charge is 0.274 e. The van der Waals surface area contributed by atoms with E-state index in [9.17, 15) is 9.59 Å². The Labute approximate surface area is 156 Å². The van der Waals surface area contributed by atoms with Gasteiger partial charge in [0.1, 0.15) is 5.75 Å². The third-order valence-electron chi connectivity index (χ3n) is 4.01. The largest absolute Gasteiger partial charge is 0.497 e. The quantitative estimate of drug-likeness (QED) is 0.477. The Bertz CT molecular complexity index is 985. The van der Waals surface area contributed by atoms with E-state index in [0.717, 1.165) is 11.1 Å². The monoisotopic (exact) mass is 362 g/mol. The Hall–Kier alpha value is -3.64. The van der Waals surface area contributed by atoms with Crippen molar-refractivity contribution in [2.24, 2.45) is 0 Å². The van der Waals surface area contributed by atoms with Crippen LogP contribution in [0.4, 0.5) is 5.69 Å². The lowest BCUT2D eigenvalue weighted by Crippen LogP contribution is -2.18. The van der Waals surface area contributed by atoms with Gasteiger partial charge < -0.3 is 10.1 Å². The summed E-state index contributed by atoms with van der Waals surface area (Å²) < 4.78 is 5.16. The summed E-state index contributed by atoms with van der Waals surface area (Å²) in [4.78, 5) is 24.2. The molecular weight excluding hydrogens is 344 g/mol. The Morgan fingerprint density at radius 3 is 2.00 bits per heavy atom. The second kappa shape index (κ2) is 8.16. The highest BCUT2D eigenvalue weighted by Gasteiger charge is 2.10. The number of carbonyl (C=O) groups is 2. The SMILES string of the molecule is COc1cccc(NC(=O)c2cccc(-c3cccc(C(=O)NO)c3)c2)c1. The highest BCUT2D eigenvalue weighted by atomic mass is 16.5. The molecule has 6 heteroatoms. The Balaban J connectivity index is 1.85. The number of rotatable bonds is 5. The molecule has 0 spiro atoms. The summed E-state index contributed by atoms with van der Waals surface area (Å²) in [5.41, 5.74) is 4.58. The van der Waals surface area contributed by atoms with E-state index in [4.69, 9.17) is 9.94 Å². The van der Waals surface area contributed by atoms with Gasteiger partial charge in [0, 0.05) is 22.9 Å². The first kappa shape index (κ1) is 18.2. The van der Waals surface area contributed by atoms with Gasteiger partial charge in [-0.2, -0.15) is 0 Å². The van der Waals surface area contributed by atoms with E-state index < -0.39 is 5.91 Å². The van der Waals surface area contributed by atoms with Crippen LogP contribution in [0.1, 0.15) is 20.7 Å². The first-order chi connectivity index (χ1) is 13.1. The molecule has 3 N–H and O–H groups in total. The van der Waals surface area contributed by atoms with E-state index in [1.807, 2.05) is 12.1 Å². The molecule has 0 heterocycles.